The average Bonchev–Trinajstić information content (AvgIpc) is 2.51. The topological polar surface area (TPSA) is 29.3 Å². The first-order valence-corrected chi connectivity index (χ1v) is 7.27. The van der Waals surface area contributed by atoms with Gasteiger partial charge >= 0.3 is 0 Å². The van der Waals surface area contributed by atoms with E-state index in [1.165, 1.54) is 19.3 Å². The van der Waals surface area contributed by atoms with Crippen molar-refractivity contribution >= 4 is 28.9 Å². The third-order valence-electron chi connectivity index (χ3n) is 3.65. The van der Waals surface area contributed by atoms with Gasteiger partial charge in [-0.2, -0.15) is 0 Å². The van der Waals surface area contributed by atoms with E-state index >= 15 is 0 Å². The molecular weight excluding hydrogens is 267 g/mol. The molecule has 1 saturated heterocycles. The van der Waals surface area contributed by atoms with E-state index in [9.17, 15) is 0 Å². The van der Waals surface area contributed by atoms with Crippen molar-refractivity contribution in [1.29, 1.82) is 0 Å². The van der Waals surface area contributed by atoms with E-state index in [2.05, 4.69) is 11.8 Å². The summed E-state index contributed by atoms with van der Waals surface area (Å²) in [4.78, 5) is 2.47. The summed E-state index contributed by atoms with van der Waals surface area (Å²) in [5.74, 6) is 0.841. The van der Waals surface area contributed by atoms with Crippen LogP contribution in [0.4, 0.5) is 5.69 Å². The van der Waals surface area contributed by atoms with Gasteiger partial charge in [-0.15, -0.1) is 0 Å². The van der Waals surface area contributed by atoms with Gasteiger partial charge in [0, 0.05) is 6.54 Å². The molecule has 1 aliphatic heterocycles. The monoisotopic (exact) mass is 286 g/mol. The fraction of sp³-hybridized carbons (Fsp3) is 0.571. The normalized spacial score (nSPS) is 21.8. The second-order valence-electron chi connectivity index (χ2n) is 5.29. The lowest BCUT2D eigenvalue weighted by atomic mass is 10.0. The summed E-state index contributed by atoms with van der Waals surface area (Å²) in [6.45, 7) is 5.55. The molecule has 1 heterocycles. The van der Waals surface area contributed by atoms with Gasteiger partial charge in [-0.05, 0) is 56.0 Å². The van der Waals surface area contributed by atoms with Crippen LogP contribution in [0.1, 0.15) is 31.7 Å². The number of benzene rings is 1. The molecular formula is C14H20Cl2N2. The molecule has 2 rings (SSSR count). The fourth-order valence-corrected chi connectivity index (χ4v) is 3.00. The van der Waals surface area contributed by atoms with Crippen molar-refractivity contribution in [2.75, 3.05) is 18.8 Å². The summed E-state index contributed by atoms with van der Waals surface area (Å²) in [5, 5.41) is 1.11. The second kappa shape index (κ2) is 6.14. The summed E-state index contributed by atoms with van der Waals surface area (Å²) < 4.78 is 0. The van der Waals surface area contributed by atoms with E-state index in [4.69, 9.17) is 28.9 Å². The third-order valence-corrected chi connectivity index (χ3v) is 4.28. The van der Waals surface area contributed by atoms with Gasteiger partial charge in [0.15, 0.2) is 0 Å². The van der Waals surface area contributed by atoms with Gasteiger partial charge in [0.1, 0.15) is 0 Å². The second-order valence-corrected chi connectivity index (χ2v) is 6.10. The number of rotatable bonds is 2. The third kappa shape index (κ3) is 3.53. The molecule has 100 valence electrons. The van der Waals surface area contributed by atoms with Crippen molar-refractivity contribution in [2.45, 2.75) is 32.7 Å². The summed E-state index contributed by atoms with van der Waals surface area (Å²) in [6, 6.07) is 3.86. The van der Waals surface area contributed by atoms with Crippen molar-refractivity contribution < 1.29 is 0 Å². The predicted octanol–water partition coefficient (Wildman–Crippen LogP) is 4.20. The average molecular weight is 287 g/mol. The van der Waals surface area contributed by atoms with Crippen LogP contribution >= 0.6 is 23.2 Å². The molecule has 2 N–H and O–H groups in total. The Balaban J connectivity index is 2.05. The molecule has 1 aromatic carbocycles. The van der Waals surface area contributed by atoms with Gasteiger partial charge in [0.05, 0.1) is 15.7 Å². The Bertz CT molecular complexity index is 397. The molecule has 0 aromatic heterocycles. The fourth-order valence-electron chi connectivity index (χ4n) is 2.47. The van der Waals surface area contributed by atoms with Crippen LogP contribution in [0.3, 0.4) is 0 Å². The zero-order chi connectivity index (χ0) is 13.1. The Morgan fingerprint density at radius 3 is 2.56 bits per heavy atom. The van der Waals surface area contributed by atoms with Crippen molar-refractivity contribution in [3.63, 3.8) is 0 Å². The first kappa shape index (κ1) is 14.0. The molecule has 4 heteroatoms. The lowest BCUT2D eigenvalue weighted by Crippen LogP contribution is -2.24. The summed E-state index contributed by atoms with van der Waals surface area (Å²) >= 11 is 12.1. The number of likely N-dealkylation sites (tertiary alicyclic amines) is 1. The maximum Gasteiger partial charge on any atom is 0.0693 e. The molecule has 1 aromatic rings. The first-order valence-electron chi connectivity index (χ1n) is 6.52. The van der Waals surface area contributed by atoms with Gasteiger partial charge in [0.25, 0.3) is 0 Å². The number of halogens is 2. The summed E-state index contributed by atoms with van der Waals surface area (Å²) in [6.07, 6.45) is 3.88. The molecule has 1 fully saturated rings. The van der Waals surface area contributed by atoms with Crippen LogP contribution in [0.5, 0.6) is 0 Å². The van der Waals surface area contributed by atoms with Crippen molar-refractivity contribution in [2.24, 2.45) is 5.92 Å². The lowest BCUT2D eigenvalue weighted by Gasteiger charge is -2.20. The molecule has 0 spiro atoms. The number of nitrogens with two attached hydrogens (primary N) is 1. The van der Waals surface area contributed by atoms with E-state index < -0.39 is 0 Å². The number of hydrogen-bond donors (Lipinski definition) is 1. The Morgan fingerprint density at radius 1 is 1.22 bits per heavy atom. The minimum absolute atomic E-state index is 0.478. The lowest BCUT2D eigenvalue weighted by molar-refractivity contribution is 0.273. The van der Waals surface area contributed by atoms with Crippen LogP contribution in [0.2, 0.25) is 10.0 Å². The molecule has 1 unspecified atom stereocenters. The highest BCUT2D eigenvalue weighted by molar-refractivity contribution is 6.38. The number of hydrogen-bond acceptors (Lipinski definition) is 2. The molecule has 1 atom stereocenters. The largest absolute Gasteiger partial charge is 0.396 e. The quantitative estimate of drug-likeness (QED) is 0.826. The highest BCUT2D eigenvalue weighted by atomic mass is 35.5. The Hall–Kier alpha value is -0.440. The van der Waals surface area contributed by atoms with Gasteiger partial charge in [-0.3, -0.25) is 4.90 Å². The highest BCUT2D eigenvalue weighted by Gasteiger charge is 2.14. The molecule has 0 amide bonds. The van der Waals surface area contributed by atoms with E-state index in [-0.39, 0.29) is 0 Å². The maximum absolute atomic E-state index is 6.06. The Labute approximate surface area is 119 Å². The number of nitrogens with zero attached hydrogens (tertiary/aromatic N) is 1. The molecule has 2 nitrogen and oxygen atoms in total. The predicted molar refractivity (Wildman–Crippen MR) is 79.2 cm³/mol. The van der Waals surface area contributed by atoms with Gasteiger partial charge in [-0.25, -0.2) is 0 Å². The highest BCUT2D eigenvalue weighted by Crippen LogP contribution is 2.29. The smallest absolute Gasteiger partial charge is 0.0693 e. The Kier molecular flexibility index (Phi) is 4.77. The van der Waals surface area contributed by atoms with E-state index in [0.717, 1.165) is 31.1 Å². The van der Waals surface area contributed by atoms with E-state index in [0.29, 0.717) is 15.7 Å². The minimum Gasteiger partial charge on any atom is -0.396 e. The molecule has 0 aliphatic carbocycles. The number of nitrogen functional groups attached to an aromatic ring is 1. The van der Waals surface area contributed by atoms with Crippen LogP contribution in [0.15, 0.2) is 12.1 Å². The maximum atomic E-state index is 6.06. The minimum atomic E-state index is 0.478. The Morgan fingerprint density at radius 2 is 1.89 bits per heavy atom. The molecule has 0 bridgehead atoms. The molecule has 18 heavy (non-hydrogen) atoms. The molecule has 0 saturated carbocycles. The van der Waals surface area contributed by atoms with Crippen molar-refractivity contribution in [3.8, 4) is 0 Å². The van der Waals surface area contributed by atoms with Gasteiger partial charge in [0.2, 0.25) is 0 Å². The number of anilines is 1. The SMILES string of the molecule is CC1CCCN(Cc2cc(Cl)c(N)c(Cl)c2)CC1. The van der Waals surface area contributed by atoms with Gasteiger partial charge in [-0.1, -0.05) is 30.1 Å². The van der Waals surface area contributed by atoms with E-state index in [1.54, 1.807) is 0 Å². The van der Waals surface area contributed by atoms with Crippen molar-refractivity contribution in [1.82, 2.24) is 4.90 Å². The zero-order valence-electron chi connectivity index (χ0n) is 10.8. The van der Waals surface area contributed by atoms with E-state index in [1.807, 2.05) is 12.1 Å². The standard InChI is InChI=1S/C14H20Cl2N2/c1-10-3-2-5-18(6-4-10)9-11-7-12(15)14(17)13(16)8-11/h7-8,10H,2-6,9,17H2,1H3. The van der Waals surface area contributed by atoms with Crippen LogP contribution in [-0.4, -0.2) is 18.0 Å². The van der Waals surface area contributed by atoms with Crippen LogP contribution in [-0.2, 0) is 6.54 Å². The molecule has 0 radical (unpaired) electrons. The van der Waals surface area contributed by atoms with Crippen LogP contribution in [0.25, 0.3) is 0 Å². The van der Waals surface area contributed by atoms with Crippen LogP contribution < -0.4 is 5.73 Å². The van der Waals surface area contributed by atoms with Crippen molar-refractivity contribution in [3.05, 3.63) is 27.7 Å². The molecule has 1 aliphatic rings. The summed E-state index contributed by atoms with van der Waals surface area (Å²) in [7, 11) is 0. The van der Waals surface area contributed by atoms with Crippen LogP contribution in [0, 0.1) is 5.92 Å². The van der Waals surface area contributed by atoms with Gasteiger partial charge < -0.3 is 5.73 Å². The summed E-state index contributed by atoms with van der Waals surface area (Å²) in [5.41, 5.74) is 7.37. The first-order chi connectivity index (χ1) is 8.56. The zero-order valence-corrected chi connectivity index (χ0v) is 12.3.